The van der Waals surface area contributed by atoms with Gasteiger partial charge < -0.3 is 18.8 Å². The van der Waals surface area contributed by atoms with Crippen LogP contribution in [-0.4, -0.2) is 18.3 Å². The highest BCUT2D eigenvalue weighted by Gasteiger charge is 2.19. The normalized spacial score (nSPS) is 11.0. The van der Waals surface area contributed by atoms with Crippen LogP contribution in [-0.2, 0) is 13.2 Å². The summed E-state index contributed by atoms with van der Waals surface area (Å²) in [5.74, 6) is 1.55. The third-order valence-corrected chi connectivity index (χ3v) is 6.08. The Labute approximate surface area is 203 Å². The van der Waals surface area contributed by atoms with E-state index in [0.29, 0.717) is 31.3 Å². The van der Waals surface area contributed by atoms with Gasteiger partial charge in [0.2, 0.25) is 5.75 Å². The molecule has 1 aromatic heterocycles. The number of nitrogens with zero attached hydrogens (tertiary/aromatic N) is 1. The number of fused-ring (bicyclic) bond motifs is 1. The van der Waals surface area contributed by atoms with E-state index in [9.17, 15) is 4.79 Å². The quantitative estimate of drug-likeness (QED) is 0.224. The first-order valence-corrected chi connectivity index (χ1v) is 12.7. The molecule has 0 N–H and O–H groups in total. The molecule has 184 valence electrons. The first-order chi connectivity index (χ1) is 16.7. The molecule has 0 amide bonds. The van der Waals surface area contributed by atoms with Gasteiger partial charge in [-0.1, -0.05) is 82.7 Å². The minimum absolute atomic E-state index is 0.130. The second-order valence-electron chi connectivity index (χ2n) is 8.74. The van der Waals surface area contributed by atoms with Crippen molar-refractivity contribution in [2.45, 2.75) is 78.4 Å². The molecule has 0 spiro atoms. The van der Waals surface area contributed by atoms with Crippen LogP contribution in [0.15, 0.2) is 53.3 Å². The highest BCUT2D eigenvalue weighted by Crippen LogP contribution is 2.35. The molecule has 5 nitrogen and oxygen atoms in total. The summed E-state index contributed by atoms with van der Waals surface area (Å²) < 4.78 is 19.5. The zero-order valence-corrected chi connectivity index (χ0v) is 21.0. The molecule has 0 aliphatic carbocycles. The maximum atomic E-state index is 13.5. The Morgan fingerprint density at radius 2 is 1.53 bits per heavy atom. The largest absolute Gasteiger partial charge is 0.492 e. The van der Waals surface area contributed by atoms with E-state index in [-0.39, 0.29) is 5.56 Å². The van der Waals surface area contributed by atoms with Crippen molar-refractivity contribution in [1.29, 1.82) is 0 Å². The summed E-state index contributed by atoms with van der Waals surface area (Å²) in [6.45, 7) is 5.96. The molecule has 0 bridgehead atoms. The summed E-state index contributed by atoms with van der Waals surface area (Å²) in [6, 6.07) is 15.9. The van der Waals surface area contributed by atoms with Crippen molar-refractivity contribution in [3.63, 3.8) is 0 Å². The molecule has 0 aliphatic heterocycles. The Morgan fingerprint density at radius 1 is 0.794 bits per heavy atom. The molecule has 0 saturated carbocycles. The van der Waals surface area contributed by atoms with Gasteiger partial charge in [-0.05, 0) is 30.5 Å². The van der Waals surface area contributed by atoms with Gasteiger partial charge in [-0.15, -0.1) is 0 Å². The predicted molar refractivity (Wildman–Crippen MR) is 139 cm³/mol. The molecule has 0 radical (unpaired) electrons. The van der Waals surface area contributed by atoms with Gasteiger partial charge in [-0.25, -0.2) is 0 Å². The lowest BCUT2D eigenvalue weighted by molar-refractivity contribution is 0.283. The maximum absolute atomic E-state index is 13.5. The Morgan fingerprint density at radius 3 is 2.26 bits per heavy atom. The van der Waals surface area contributed by atoms with Crippen molar-refractivity contribution in [3.8, 4) is 17.2 Å². The highest BCUT2D eigenvalue weighted by atomic mass is 16.5. The molecule has 0 saturated heterocycles. The van der Waals surface area contributed by atoms with Crippen LogP contribution in [0, 0.1) is 0 Å². The standard InChI is InChI=1S/C29H39NO4/c1-4-6-8-9-10-14-19-30-26-21-24(34-22-23-15-12-11-13-16-23)17-18-25(26)27(32-3)28(29(30)31)33-20-7-5-2/h11-13,15-18,21H,4-10,14,19-20,22H2,1-3H3. The number of pyridine rings is 1. The fourth-order valence-corrected chi connectivity index (χ4v) is 4.13. The Balaban J connectivity index is 1.92. The lowest BCUT2D eigenvalue weighted by atomic mass is 10.1. The zero-order valence-electron chi connectivity index (χ0n) is 21.0. The van der Waals surface area contributed by atoms with Crippen LogP contribution < -0.4 is 19.8 Å². The lowest BCUT2D eigenvalue weighted by Gasteiger charge is -2.18. The lowest BCUT2D eigenvalue weighted by Crippen LogP contribution is -2.24. The van der Waals surface area contributed by atoms with Gasteiger partial charge in [0, 0.05) is 18.0 Å². The fraction of sp³-hybridized carbons (Fsp3) is 0.483. The van der Waals surface area contributed by atoms with E-state index < -0.39 is 0 Å². The Kier molecular flexibility index (Phi) is 10.3. The second-order valence-corrected chi connectivity index (χ2v) is 8.74. The smallest absolute Gasteiger partial charge is 0.297 e. The average Bonchev–Trinajstić information content (AvgIpc) is 2.87. The number of aromatic nitrogens is 1. The maximum Gasteiger partial charge on any atom is 0.297 e. The number of methoxy groups -OCH3 is 1. The summed E-state index contributed by atoms with van der Waals surface area (Å²) >= 11 is 0. The van der Waals surface area contributed by atoms with E-state index in [1.54, 1.807) is 7.11 Å². The van der Waals surface area contributed by atoms with Crippen LogP contribution in [0.2, 0.25) is 0 Å². The number of rotatable bonds is 15. The van der Waals surface area contributed by atoms with Crippen LogP contribution in [0.3, 0.4) is 0 Å². The topological polar surface area (TPSA) is 49.7 Å². The van der Waals surface area contributed by atoms with Gasteiger partial charge in [0.05, 0.1) is 19.2 Å². The van der Waals surface area contributed by atoms with Crippen LogP contribution in [0.4, 0.5) is 0 Å². The van der Waals surface area contributed by atoms with Crippen molar-refractivity contribution in [2.75, 3.05) is 13.7 Å². The van der Waals surface area contributed by atoms with Gasteiger partial charge in [-0.3, -0.25) is 4.79 Å². The molecule has 3 rings (SSSR count). The molecule has 5 heteroatoms. The van der Waals surface area contributed by atoms with E-state index in [1.165, 1.54) is 25.7 Å². The molecular formula is C29H39NO4. The Hall–Kier alpha value is -2.95. The molecule has 3 aromatic rings. The highest BCUT2D eigenvalue weighted by molar-refractivity contribution is 5.89. The summed E-state index contributed by atoms with van der Waals surface area (Å²) in [5, 5.41) is 0.867. The number of hydrogen-bond donors (Lipinski definition) is 0. The van der Waals surface area contributed by atoms with Gasteiger partial charge in [0.1, 0.15) is 12.4 Å². The van der Waals surface area contributed by atoms with E-state index in [1.807, 2.05) is 53.1 Å². The van der Waals surface area contributed by atoms with Gasteiger partial charge in [0.15, 0.2) is 5.75 Å². The Bertz CT molecular complexity index is 1070. The third-order valence-electron chi connectivity index (χ3n) is 6.08. The number of ether oxygens (including phenoxy) is 3. The molecular weight excluding hydrogens is 426 g/mol. The number of hydrogen-bond acceptors (Lipinski definition) is 4. The van der Waals surface area contributed by atoms with E-state index in [4.69, 9.17) is 14.2 Å². The SMILES string of the molecule is CCCCCCCCn1c(=O)c(OCCCC)c(OC)c2ccc(OCc3ccccc3)cc21. The van der Waals surface area contributed by atoms with Gasteiger partial charge >= 0.3 is 0 Å². The molecule has 2 aromatic carbocycles. The first kappa shape index (κ1) is 25.7. The summed E-state index contributed by atoms with van der Waals surface area (Å²) in [4.78, 5) is 13.5. The van der Waals surface area contributed by atoms with Crippen LogP contribution in [0.5, 0.6) is 17.2 Å². The van der Waals surface area contributed by atoms with Gasteiger partial charge in [0.25, 0.3) is 5.56 Å². The molecule has 0 unspecified atom stereocenters. The predicted octanol–water partition coefficient (Wildman–Crippen LogP) is 7.13. The van der Waals surface area contributed by atoms with E-state index >= 15 is 0 Å². The zero-order chi connectivity index (χ0) is 24.2. The van der Waals surface area contributed by atoms with Gasteiger partial charge in [-0.2, -0.15) is 0 Å². The number of aryl methyl sites for hydroxylation is 1. The van der Waals surface area contributed by atoms with Crippen LogP contribution >= 0.6 is 0 Å². The van der Waals surface area contributed by atoms with Crippen molar-refractivity contribution in [3.05, 3.63) is 64.4 Å². The van der Waals surface area contributed by atoms with Crippen molar-refractivity contribution in [2.24, 2.45) is 0 Å². The second kappa shape index (κ2) is 13.7. The molecule has 0 aliphatic rings. The summed E-state index contributed by atoms with van der Waals surface area (Å²) in [7, 11) is 1.60. The number of unbranched alkanes of at least 4 members (excludes halogenated alkanes) is 6. The monoisotopic (exact) mass is 465 g/mol. The van der Waals surface area contributed by atoms with Crippen molar-refractivity contribution < 1.29 is 14.2 Å². The minimum Gasteiger partial charge on any atom is -0.492 e. The fourth-order valence-electron chi connectivity index (χ4n) is 4.13. The van der Waals surface area contributed by atoms with Crippen LogP contribution in [0.25, 0.3) is 10.9 Å². The van der Waals surface area contributed by atoms with E-state index in [2.05, 4.69) is 13.8 Å². The molecule has 1 heterocycles. The van der Waals surface area contributed by atoms with Crippen molar-refractivity contribution in [1.82, 2.24) is 4.57 Å². The minimum atomic E-state index is -0.130. The average molecular weight is 466 g/mol. The van der Waals surface area contributed by atoms with Crippen molar-refractivity contribution >= 4 is 10.9 Å². The number of benzene rings is 2. The summed E-state index contributed by atoms with van der Waals surface area (Å²) in [5.41, 5.74) is 1.79. The molecule has 0 fully saturated rings. The van der Waals surface area contributed by atoms with E-state index in [0.717, 1.165) is 47.9 Å². The first-order valence-electron chi connectivity index (χ1n) is 12.7. The molecule has 0 atom stereocenters. The summed E-state index contributed by atoms with van der Waals surface area (Å²) in [6.07, 6.45) is 8.90. The van der Waals surface area contributed by atoms with Crippen LogP contribution in [0.1, 0.15) is 70.8 Å². The third kappa shape index (κ3) is 6.78. The molecule has 34 heavy (non-hydrogen) atoms.